The second kappa shape index (κ2) is 7.95. The zero-order valence-corrected chi connectivity index (χ0v) is 14.7. The maximum atomic E-state index is 12.9. The second-order valence-corrected chi connectivity index (χ2v) is 6.66. The molecule has 1 amide bonds. The highest BCUT2D eigenvalue weighted by Crippen LogP contribution is 2.26. The van der Waals surface area contributed by atoms with Gasteiger partial charge < -0.3 is 15.0 Å². The quantitative estimate of drug-likeness (QED) is 0.928. The molecule has 0 bridgehead atoms. The number of halogens is 1. The van der Waals surface area contributed by atoms with E-state index in [-0.39, 0.29) is 23.9 Å². The van der Waals surface area contributed by atoms with Crippen molar-refractivity contribution in [3.63, 3.8) is 0 Å². The van der Waals surface area contributed by atoms with Gasteiger partial charge in [0.05, 0.1) is 5.60 Å². The first kappa shape index (κ1) is 18.9. The molecule has 1 fully saturated rings. The maximum absolute atomic E-state index is 12.9. The minimum atomic E-state index is -0.531. The average Bonchev–Trinajstić information content (AvgIpc) is 2.44. The van der Waals surface area contributed by atoms with Crippen LogP contribution in [0, 0.1) is 0 Å². The molecule has 124 valence electrons. The van der Waals surface area contributed by atoms with Gasteiger partial charge in [-0.15, -0.1) is 12.4 Å². The lowest BCUT2D eigenvalue weighted by atomic mass is 10.1. The van der Waals surface area contributed by atoms with E-state index in [0.717, 1.165) is 25.2 Å². The summed E-state index contributed by atoms with van der Waals surface area (Å²) in [6.45, 7) is 10.4. The van der Waals surface area contributed by atoms with Crippen LogP contribution >= 0.6 is 12.4 Å². The molecule has 1 unspecified atom stereocenters. The topological polar surface area (TPSA) is 41.6 Å². The van der Waals surface area contributed by atoms with Crippen LogP contribution in [0.25, 0.3) is 0 Å². The van der Waals surface area contributed by atoms with E-state index in [1.54, 1.807) is 0 Å². The number of carbonyl (C=O) groups excluding carboxylic acids is 1. The largest absolute Gasteiger partial charge is 0.358 e. The van der Waals surface area contributed by atoms with E-state index in [0.29, 0.717) is 6.04 Å². The highest BCUT2D eigenvalue weighted by atomic mass is 35.5. The van der Waals surface area contributed by atoms with Crippen LogP contribution in [0.3, 0.4) is 0 Å². The number of piperazine rings is 1. The van der Waals surface area contributed by atoms with Gasteiger partial charge in [-0.1, -0.05) is 30.3 Å². The van der Waals surface area contributed by atoms with Crippen molar-refractivity contribution in [2.75, 3.05) is 19.6 Å². The predicted octanol–water partition coefficient (Wildman–Crippen LogP) is 2.78. The van der Waals surface area contributed by atoms with E-state index in [4.69, 9.17) is 4.74 Å². The molecule has 2 atom stereocenters. The Bertz CT molecular complexity index is 473. The van der Waals surface area contributed by atoms with E-state index >= 15 is 0 Å². The standard InChI is InChI=1S/C17H26N2O2.ClH/c1-13-12-19(11-10-18-13)16(20)15(21-17(2,3)4)14-8-6-5-7-9-14;/h5-9,13,15,18H,10-12H2,1-4H3;1H/t13-,15?;/m1./s1. The zero-order chi connectivity index (χ0) is 15.5. The zero-order valence-electron chi connectivity index (χ0n) is 13.8. The molecule has 1 aliphatic heterocycles. The summed E-state index contributed by atoms with van der Waals surface area (Å²) in [4.78, 5) is 14.8. The predicted molar refractivity (Wildman–Crippen MR) is 91.3 cm³/mol. The van der Waals surface area contributed by atoms with Gasteiger partial charge in [-0.3, -0.25) is 4.79 Å². The van der Waals surface area contributed by atoms with Crippen molar-refractivity contribution in [1.82, 2.24) is 10.2 Å². The lowest BCUT2D eigenvalue weighted by Gasteiger charge is -2.36. The van der Waals surface area contributed by atoms with Crippen LogP contribution in [0.1, 0.15) is 39.4 Å². The minimum Gasteiger partial charge on any atom is -0.358 e. The van der Waals surface area contributed by atoms with Gasteiger partial charge in [-0.2, -0.15) is 0 Å². The first-order valence-electron chi connectivity index (χ1n) is 7.62. The van der Waals surface area contributed by atoms with Crippen LogP contribution in [-0.2, 0) is 9.53 Å². The highest BCUT2D eigenvalue weighted by molar-refractivity contribution is 5.85. The van der Waals surface area contributed by atoms with Gasteiger partial charge >= 0.3 is 0 Å². The number of hydrogen-bond donors (Lipinski definition) is 1. The van der Waals surface area contributed by atoms with Gasteiger partial charge in [0.1, 0.15) is 0 Å². The van der Waals surface area contributed by atoms with Gasteiger partial charge in [-0.25, -0.2) is 0 Å². The molecule has 0 saturated carbocycles. The van der Waals surface area contributed by atoms with E-state index in [9.17, 15) is 4.79 Å². The van der Waals surface area contributed by atoms with E-state index < -0.39 is 6.10 Å². The summed E-state index contributed by atoms with van der Waals surface area (Å²) < 4.78 is 6.06. The Hall–Kier alpha value is -1.10. The third-order valence-electron chi connectivity index (χ3n) is 3.48. The highest BCUT2D eigenvalue weighted by Gasteiger charge is 2.32. The molecule has 0 radical (unpaired) electrons. The van der Waals surface area contributed by atoms with Crippen molar-refractivity contribution in [2.24, 2.45) is 0 Å². The molecule has 2 rings (SSSR count). The normalized spacial score (nSPS) is 20.2. The molecular formula is C17H27ClN2O2. The second-order valence-electron chi connectivity index (χ2n) is 6.66. The minimum absolute atomic E-state index is 0. The molecule has 4 nitrogen and oxygen atoms in total. The number of ether oxygens (including phenoxy) is 1. The maximum Gasteiger partial charge on any atom is 0.256 e. The van der Waals surface area contributed by atoms with Crippen molar-refractivity contribution in [1.29, 1.82) is 0 Å². The summed E-state index contributed by atoms with van der Waals surface area (Å²) in [6, 6.07) is 10.1. The van der Waals surface area contributed by atoms with E-state index in [2.05, 4.69) is 12.2 Å². The molecule has 5 heteroatoms. The summed E-state index contributed by atoms with van der Waals surface area (Å²) in [5.41, 5.74) is 0.555. The van der Waals surface area contributed by atoms with Crippen molar-refractivity contribution in [3.8, 4) is 0 Å². The van der Waals surface area contributed by atoms with Gasteiger partial charge in [0.2, 0.25) is 0 Å². The average molecular weight is 327 g/mol. The fourth-order valence-electron chi connectivity index (χ4n) is 2.54. The third kappa shape index (κ3) is 5.27. The molecule has 1 N–H and O–H groups in total. The summed E-state index contributed by atoms with van der Waals surface area (Å²) in [6.07, 6.45) is -0.531. The Labute approximate surface area is 139 Å². The van der Waals surface area contributed by atoms with Crippen LogP contribution in [-0.4, -0.2) is 42.1 Å². The molecule has 1 aromatic carbocycles. The molecule has 22 heavy (non-hydrogen) atoms. The molecule has 1 aliphatic rings. The lowest BCUT2D eigenvalue weighted by molar-refractivity contribution is -0.155. The smallest absolute Gasteiger partial charge is 0.256 e. The van der Waals surface area contributed by atoms with Crippen LogP contribution in [0.2, 0.25) is 0 Å². The van der Waals surface area contributed by atoms with Crippen molar-refractivity contribution < 1.29 is 9.53 Å². The van der Waals surface area contributed by atoms with Crippen LogP contribution in [0.5, 0.6) is 0 Å². The fourth-order valence-corrected chi connectivity index (χ4v) is 2.54. The van der Waals surface area contributed by atoms with Crippen molar-refractivity contribution in [2.45, 2.75) is 45.4 Å². The Kier molecular flexibility index (Phi) is 6.85. The number of carbonyl (C=O) groups is 1. The summed E-state index contributed by atoms with van der Waals surface area (Å²) in [7, 11) is 0. The fraction of sp³-hybridized carbons (Fsp3) is 0.588. The van der Waals surface area contributed by atoms with Gasteiger partial charge in [0.25, 0.3) is 5.91 Å². The number of rotatable bonds is 3. The number of nitrogens with one attached hydrogen (secondary N) is 1. The molecular weight excluding hydrogens is 300 g/mol. The first-order valence-corrected chi connectivity index (χ1v) is 7.62. The molecule has 0 spiro atoms. The van der Waals surface area contributed by atoms with Crippen LogP contribution in [0.15, 0.2) is 30.3 Å². The monoisotopic (exact) mass is 326 g/mol. The molecule has 0 aliphatic carbocycles. The Morgan fingerprint density at radius 1 is 1.32 bits per heavy atom. The Morgan fingerprint density at radius 2 is 1.95 bits per heavy atom. The Morgan fingerprint density at radius 3 is 2.50 bits per heavy atom. The van der Waals surface area contributed by atoms with Crippen molar-refractivity contribution in [3.05, 3.63) is 35.9 Å². The molecule has 1 heterocycles. The van der Waals surface area contributed by atoms with Gasteiger partial charge in [0, 0.05) is 25.7 Å². The van der Waals surface area contributed by atoms with Crippen LogP contribution < -0.4 is 5.32 Å². The summed E-state index contributed by atoms with van der Waals surface area (Å²) in [5.74, 6) is 0.0597. The summed E-state index contributed by atoms with van der Waals surface area (Å²) >= 11 is 0. The number of hydrogen-bond acceptors (Lipinski definition) is 3. The van der Waals surface area contributed by atoms with Crippen molar-refractivity contribution >= 4 is 18.3 Å². The third-order valence-corrected chi connectivity index (χ3v) is 3.48. The molecule has 1 aromatic rings. The Balaban J connectivity index is 0.00000242. The molecule has 1 saturated heterocycles. The number of benzene rings is 1. The van der Waals surface area contributed by atoms with Gasteiger partial charge in [-0.05, 0) is 33.3 Å². The number of amides is 1. The SMILES string of the molecule is C[C@@H]1CN(C(=O)C(OC(C)(C)C)c2ccccc2)CCN1.Cl. The summed E-state index contributed by atoms with van der Waals surface area (Å²) in [5, 5.41) is 3.36. The molecule has 0 aromatic heterocycles. The first-order chi connectivity index (χ1) is 9.87. The van der Waals surface area contributed by atoms with E-state index in [1.807, 2.05) is 56.0 Å². The van der Waals surface area contributed by atoms with Gasteiger partial charge in [0.15, 0.2) is 6.10 Å². The lowest BCUT2D eigenvalue weighted by Crippen LogP contribution is -2.53. The van der Waals surface area contributed by atoms with E-state index in [1.165, 1.54) is 0 Å². The number of nitrogens with zero attached hydrogens (tertiary/aromatic N) is 1. The van der Waals surface area contributed by atoms with Crippen LogP contribution in [0.4, 0.5) is 0 Å².